The molecule has 1 aromatic rings. The molecule has 1 saturated heterocycles. The second-order valence-electron chi connectivity index (χ2n) is 5.94. The number of benzene rings is 1. The minimum atomic E-state index is -0.556. The highest BCUT2D eigenvalue weighted by Gasteiger charge is 2.39. The molecular weight excluding hydrogens is 296 g/mol. The molecule has 1 N–H and O–H groups in total. The minimum absolute atomic E-state index is 0.122. The van der Waals surface area contributed by atoms with Crippen LogP contribution in [0.4, 0.5) is 0 Å². The molecule has 1 unspecified atom stereocenters. The zero-order chi connectivity index (χ0) is 16.4. The van der Waals surface area contributed by atoms with Gasteiger partial charge in [-0.25, -0.2) is 0 Å². The van der Waals surface area contributed by atoms with Gasteiger partial charge in [-0.05, 0) is 36.5 Å². The van der Waals surface area contributed by atoms with E-state index in [-0.39, 0.29) is 24.1 Å². The number of hydrogen-bond donors (Lipinski definition) is 1. The standard InChI is InChI=1S/C17H20N2O4/c1-23-9-3-5-11-4-2-6-12-13(11)10-19(17(12)22)14-7-8-15(20)18-16(14)21/h2,4,6,14H,3,5,7-10H2,1H3,(H,18,20,21). The molecule has 1 fully saturated rings. The van der Waals surface area contributed by atoms with Gasteiger partial charge < -0.3 is 9.64 Å². The molecule has 0 spiro atoms. The molecular formula is C17H20N2O4. The highest BCUT2D eigenvalue weighted by Crippen LogP contribution is 2.30. The van der Waals surface area contributed by atoms with E-state index in [1.165, 1.54) is 0 Å². The Morgan fingerprint density at radius 3 is 2.87 bits per heavy atom. The molecule has 0 bridgehead atoms. The first-order chi connectivity index (χ1) is 11.1. The lowest BCUT2D eigenvalue weighted by Crippen LogP contribution is -2.52. The van der Waals surface area contributed by atoms with E-state index >= 15 is 0 Å². The molecule has 2 aliphatic rings. The van der Waals surface area contributed by atoms with Crippen molar-refractivity contribution in [2.75, 3.05) is 13.7 Å². The summed E-state index contributed by atoms with van der Waals surface area (Å²) in [6.07, 6.45) is 2.40. The smallest absolute Gasteiger partial charge is 0.255 e. The van der Waals surface area contributed by atoms with Gasteiger partial charge in [0.05, 0.1) is 0 Å². The molecule has 2 heterocycles. The summed E-state index contributed by atoms with van der Waals surface area (Å²) in [5.41, 5.74) is 2.80. The van der Waals surface area contributed by atoms with Gasteiger partial charge in [0.15, 0.2) is 0 Å². The largest absolute Gasteiger partial charge is 0.385 e. The topological polar surface area (TPSA) is 75.7 Å². The number of imide groups is 1. The molecule has 0 saturated carbocycles. The number of amides is 3. The molecule has 23 heavy (non-hydrogen) atoms. The Hall–Kier alpha value is -2.21. The number of nitrogens with one attached hydrogen (secondary N) is 1. The van der Waals surface area contributed by atoms with Crippen molar-refractivity contribution in [1.29, 1.82) is 0 Å². The Balaban J connectivity index is 1.80. The van der Waals surface area contributed by atoms with Gasteiger partial charge in [-0.3, -0.25) is 19.7 Å². The maximum absolute atomic E-state index is 12.6. The van der Waals surface area contributed by atoms with E-state index in [9.17, 15) is 14.4 Å². The van der Waals surface area contributed by atoms with E-state index in [0.717, 1.165) is 24.0 Å². The summed E-state index contributed by atoms with van der Waals surface area (Å²) >= 11 is 0. The normalized spacial score (nSPS) is 20.7. The number of hydrogen-bond acceptors (Lipinski definition) is 4. The van der Waals surface area contributed by atoms with Crippen LogP contribution in [-0.4, -0.2) is 42.4 Å². The first-order valence-corrected chi connectivity index (χ1v) is 7.86. The summed E-state index contributed by atoms with van der Waals surface area (Å²) in [7, 11) is 1.67. The number of carbonyl (C=O) groups is 3. The molecule has 0 aromatic heterocycles. The number of carbonyl (C=O) groups excluding carboxylic acids is 3. The van der Waals surface area contributed by atoms with Crippen LogP contribution in [0.5, 0.6) is 0 Å². The van der Waals surface area contributed by atoms with Gasteiger partial charge in [-0.15, -0.1) is 0 Å². The van der Waals surface area contributed by atoms with E-state index in [1.807, 2.05) is 18.2 Å². The molecule has 0 radical (unpaired) electrons. The van der Waals surface area contributed by atoms with Crippen LogP contribution >= 0.6 is 0 Å². The number of methoxy groups -OCH3 is 1. The fraction of sp³-hybridized carbons (Fsp3) is 0.471. The zero-order valence-electron chi connectivity index (χ0n) is 13.1. The Morgan fingerprint density at radius 2 is 2.13 bits per heavy atom. The second-order valence-corrected chi connectivity index (χ2v) is 5.94. The van der Waals surface area contributed by atoms with Gasteiger partial charge in [0, 0.05) is 32.2 Å². The minimum Gasteiger partial charge on any atom is -0.385 e. The van der Waals surface area contributed by atoms with E-state index in [0.29, 0.717) is 25.1 Å². The predicted molar refractivity (Wildman–Crippen MR) is 82.7 cm³/mol. The third-order valence-electron chi connectivity index (χ3n) is 4.47. The van der Waals surface area contributed by atoms with Crippen molar-refractivity contribution in [3.8, 4) is 0 Å². The van der Waals surface area contributed by atoms with Crippen LogP contribution < -0.4 is 5.32 Å². The number of fused-ring (bicyclic) bond motifs is 1. The fourth-order valence-corrected chi connectivity index (χ4v) is 3.29. The first-order valence-electron chi connectivity index (χ1n) is 7.86. The number of rotatable bonds is 5. The van der Waals surface area contributed by atoms with E-state index in [1.54, 1.807) is 12.0 Å². The molecule has 6 heteroatoms. The lowest BCUT2D eigenvalue weighted by molar-refractivity contribution is -0.136. The van der Waals surface area contributed by atoms with Gasteiger partial charge in [-0.1, -0.05) is 12.1 Å². The van der Waals surface area contributed by atoms with Crippen LogP contribution in [0.2, 0.25) is 0 Å². The summed E-state index contributed by atoms with van der Waals surface area (Å²) in [6.45, 7) is 1.11. The maximum Gasteiger partial charge on any atom is 0.255 e. The monoisotopic (exact) mass is 316 g/mol. The second kappa shape index (κ2) is 6.50. The Bertz CT molecular complexity index is 656. The SMILES string of the molecule is COCCCc1cccc2c1CN(C1CCC(=O)NC1=O)C2=O. The molecule has 1 aromatic carbocycles. The van der Waals surface area contributed by atoms with Crippen molar-refractivity contribution < 1.29 is 19.1 Å². The van der Waals surface area contributed by atoms with Crippen molar-refractivity contribution in [3.05, 3.63) is 34.9 Å². The predicted octanol–water partition coefficient (Wildman–Crippen LogP) is 1.03. The first kappa shape index (κ1) is 15.7. The molecule has 3 amide bonds. The number of ether oxygens (including phenoxy) is 1. The Labute approximate surface area is 134 Å². The van der Waals surface area contributed by atoms with Crippen molar-refractivity contribution >= 4 is 17.7 Å². The summed E-state index contributed by atoms with van der Waals surface area (Å²) in [6, 6.07) is 5.16. The number of aryl methyl sites for hydroxylation is 1. The Kier molecular flexibility index (Phi) is 4.43. The van der Waals surface area contributed by atoms with Crippen LogP contribution in [0, 0.1) is 0 Å². The molecule has 3 rings (SSSR count). The molecule has 6 nitrogen and oxygen atoms in total. The highest BCUT2D eigenvalue weighted by atomic mass is 16.5. The van der Waals surface area contributed by atoms with Gasteiger partial charge in [-0.2, -0.15) is 0 Å². The lowest BCUT2D eigenvalue weighted by atomic mass is 10.00. The van der Waals surface area contributed by atoms with Gasteiger partial charge in [0.1, 0.15) is 6.04 Å². The number of nitrogens with zero attached hydrogens (tertiary/aromatic N) is 1. The van der Waals surface area contributed by atoms with Gasteiger partial charge in [0.25, 0.3) is 5.91 Å². The average molecular weight is 316 g/mol. The zero-order valence-corrected chi connectivity index (χ0v) is 13.1. The van der Waals surface area contributed by atoms with Crippen molar-refractivity contribution in [2.45, 2.75) is 38.3 Å². The summed E-state index contributed by atoms with van der Waals surface area (Å²) < 4.78 is 5.08. The van der Waals surface area contributed by atoms with Crippen molar-refractivity contribution in [2.24, 2.45) is 0 Å². The van der Waals surface area contributed by atoms with Gasteiger partial charge >= 0.3 is 0 Å². The van der Waals surface area contributed by atoms with Crippen LogP contribution in [0.25, 0.3) is 0 Å². The van der Waals surface area contributed by atoms with E-state index < -0.39 is 6.04 Å². The van der Waals surface area contributed by atoms with Gasteiger partial charge in [0.2, 0.25) is 11.8 Å². The van der Waals surface area contributed by atoms with Crippen LogP contribution in [0.15, 0.2) is 18.2 Å². The van der Waals surface area contributed by atoms with E-state index in [4.69, 9.17) is 4.74 Å². The molecule has 2 aliphatic heterocycles. The lowest BCUT2D eigenvalue weighted by Gasteiger charge is -2.29. The quantitative estimate of drug-likeness (QED) is 0.650. The van der Waals surface area contributed by atoms with E-state index in [2.05, 4.69) is 5.32 Å². The summed E-state index contributed by atoms with van der Waals surface area (Å²) in [4.78, 5) is 37.6. The summed E-state index contributed by atoms with van der Waals surface area (Å²) in [5.74, 6) is -0.762. The fourth-order valence-electron chi connectivity index (χ4n) is 3.29. The molecule has 122 valence electrons. The van der Waals surface area contributed by atoms with Crippen molar-refractivity contribution in [3.63, 3.8) is 0 Å². The van der Waals surface area contributed by atoms with Crippen LogP contribution in [0.1, 0.15) is 40.7 Å². The third kappa shape index (κ3) is 2.99. The molecule has 1 atom stereocenters. The highest BCUT2D eigenvalue weighted by molar-refractivity contribution is 6.05. The van der Waals surface area contributed by atoms with Crippen LogP contribution in [-0.2, 0) is 27.3 Å². The Morgan fingerprint density at radius 1 is 1.30 bits per heavy atom. The number of piperidine rings is 1. The molecule has 0 aliphatic carbocycles. The average Bonchev–Trinajstić information content (AvgIpc) is 2.86. The third-order valence-corrected chi connectivity index (χ3v) is 4.47. The van der Waals surface area contributed by atoms with Crippen molar-refractivity contribution in [1.82, 2.24) is 10.2 Å². The van der Waals surface area contributed by atoms with Crippen LogP contribution in [0.3, 0.4) is 0 Å². The maximum atomic E-state index is 12.6. The summed E-state index contributed by atoms with van der Waals surface area (Å²) in [5, 5.41) is 2.32.